The Balaban J connectivity index is 0.000000463. The number of amides is 2. The summed E-state index contributed by atoms with van der Waals surface area (Å²) in [6.07, 6.45) is 10.8. The summed E-state index contributed by atoms with van der Waals surface area (Å²) in [6, 6.07) is -0.173. The van der Waals surface area contributed by atoms with Crippen molar-refractivity contribution in [1.82, 2.24) is 10.2 Å². The van der Waals surface area contributed by atoms with Gasteiger partial charge in [-0.25, -0.2) is 0 Å². The van der Waals surface area contributed by atoms with Crippen LogP contribution in [0.3, 0.4) is 0 Å². The fourth-order valence-electron chi connectivity index (χ4n) is 2.45. The number of rotatable bonds is 9. The molecule has 0 aromatic rings. The second kappa shape index (κ2) is 14.0. The first kappa shape index (κ1) is 22.7. The van der Waals surface area contributed by atoms with Crippen LogP contribution < -0.4 is 11.1 Å². The van der Waals surface area contributed by atoms with Crippen LogP contribution in [0.4, 0.5) is 0 Å². The lowest BCUT2D eigenvalue weighted by atomic mass is 10.2. The molecule has 0 radical (unpaired) electrons. The third-order valence-corrected chi connectivity index (χ3v) is 4.14. The Bertz CT molecular complexity index is 416. The topological polar surface area (TPSA) is 92.5 Å². The average molecular weight is 358 g/mol. The molecule has 3 N–H and O–H groups in total. The fourth-order valence-corrected chi connectivity index (χ4v) is 2.61. The third-order valence-electron chi connectivity index (χ3n) is 3.86. The Morgan fingerprint density at radius 2 is 2.12 bits per heavy atom. The minimum absolute atomic E-state index is 0.0880. The van der Waals surface area contributed by atoms with Gasteiger partial charge >= 0.3 is 0 Å². The van der Waals surface area contributed by atoms with Crippen molar-refractivity contribution in [3.8, 4) is 0 Å². The minimum Gasteiger partial charge on any atom is -0.345 e. The van der Waals surface area contributed by atoms with Gasteiger partial charge in [-0.3, -0.25) is 14.4 Å². The van der Waals surface area contributed by atoms with E-state index in [2.05, 4.69) is 31.8 Å². The van der Waals surface area contributed by atoms with Gasteiger partial charge in [0.25, 0.3) is 0 Å². The van der Waals surface area contributed by atoms with E-state index in [1.165, 1.54) is 12.8 Å². The first-order valence-corrected chi connectivity index (χ1v) is 9.01. The van der Waals surface area contributed by atoms with Crippen LogP contribution in [0.25, 0.3) is 0 Å². The van der Waals surface area contributed by atoms with Gasteiger partial charge in [-0.05, 0) is 32.6 Å². The number of nitrogens with two attached hydrogens (primary N) is 1. The van der Waals surface area contributed by atoms with Crippen LogP contribution in [0.1, 0.15) is 52.4 Å². The van der Waals surface area contributed by atoms with Crippen LogP contribution in [0.2, 0.25) is 0 Å². The Hall–Kier alpha value is -1.34. The van der Waals surface area contributed by atoms with Crippen molar-refractivity contribution < 1.29 is 14.4 Å². The Kier molecular flexibility index (Phi) is 13.3. The second-order valence-electron chi connectivity index (χ2n) is 5.81. The number of likely N-dealkylation sites (tertiary alicyclic amines) is 1. The molecule has 0 aliphatic carbocycles. The van der Waals surface area contributed by atoms with E-state index < -0.39 is 6.04 Å². The molecule has 1 heterocycles. The zero-order valence-corrected chi connectivity index (χ0v) is 15.6. The van der Waals surface area contributed by atoms with E-state index in [1.54, 1.807) is 6.08 Å². The summed E-state index contributed by atoms with van der Waals surface area (Å²) < 4.78 is 0. The number of allylic oxidation sites excluding steroid dienone is 1. The number of thiol groups is 1. The summed E-state index contributed by atoms with van der Waals surface area (Å²) in [5.74, 6) is 0.0880. The maximum Gasteiger partial charge on any atom is 0.236 e. The van der Waals surface area contributed by atoms with Crippen molar-refractivity contribution in [2.24, 2.45) is 5.73 Å². The van der Waals surface area contributed by atoms with Gasteiger partial charge in [0.15, 0.2) is 0 Å². The predicted octanol–water partition coefficient (Wildman–Crippen LogP) is 1.65. The van der Waals surface area contributed by atoms with Crippen LogP contribution >= 0.6 is 12.6 Å². The van der Waals surface area contributed by atoms with Gasteiger partial charge in [-0.15, -0.1) is 12.6 Å². The van der Waals surface area contributed by atoms with E-state index in [0.29, 0.717) is 12.5 Å². The summed E-state index contributed by atoms with van der Waals surface area (Å²) in [5, 5.41) is 2.04. The van der Waals surface area contributed by atoms with Crippen molar-refractivity contribution in [1.29, 1.82) is 0 Å². The zero-order valence-electron chi connectivity index (χ0n) is 14.7. The number of nitrogens with zero attached hydrogens (tertiary/aromatic N) is 1. The van der Waals surface area contributed by atoms with Crippen molar-refractivity contribution in [2.75, 3.05) is 13.1 Å². The monoisotopic (exact) mass is 357 g/mol. The number of unbranched alkanes of at least 4 members (excludes halogenated alkanes) is 3. The molecule has 0 aromatic carbocycles. The standard InChI is InChI=1S/C10H17NO2S.C7H14N2O/c1-2-3-4-5-6-7-9(10(13)14)11-8-12;1-6-3-2-4-9(6)7(10)5-8/h6-9H,2-5H2,1H3,(H,11,12)(H,13,14);6H,2-5,8H2,1H3/b7-6-;. The normalized spacial score (nSPS) is 18.0. The van der Waals surface area contributed by atoms with E-state index in [-0.39, 0.29) is 17.6 Å². The number of hydrogen-bond donors (Lipinski definition) is 3. The number of carbonyl (C=O) groups is 3. The predicted molar refractivity (Wildman–Crippen MR) is 99.7 cm³/mol. The quantitative estimate of drug-likeness (QED) is 0.253. The highest BCUT2D eigenvalue weighted by Crippen LogP contribution is 2.15. The molecule has 1 aliphatic rings. The summed E-state index contributed by atoms with van der Waals surface area (Å²) >= 11 is 3.66. The summed E-state index contributed by atoms with van der Waals surface area (Å²) in [5.41, 5.74) is 5.22. The third kappa shape index (κ3) is 9.72. The van der Waals surface area contributed by atoms with Crippen molar-refractivity contribution in [3.05, 3.63) is 12.2 Å². The molecule has 1 aliphatic heterocycles. The lowest BCUT2D eigenvalue weighted by Gasteiger charge is -2.19. The van der Waals surface area contributed by atoms with E-state index in [0.717, 1.165) is 32.2 Å². The van der Waals surface area contributed by atoms with E-state index in [9.17, 15) is 14.4 Å². The second-order valence-corrected chi connectivity index (χ2v) is 6.25. The van der Waals surface area contributed by atoms with Gasteiger partial charge in [0, 0.05) is 12.6 Å². The molecule has 1 fully saturated rings. The molecule has 0 saturated carbocycles. The molecule has 6 nitrogen and oxygen atoms in total. The van der Waals surface area contributed by atoms with Crippen LogP contribution in [0.15, 0.2) is 12.2 Å². The van der Waals surface area contributed by atoms with Crippen LogP contribution in [0.5, 0.6) is 0 Å². The van der Waals surface area contributed by atoms with Gasteiger partial charge in [0.2, 0.25) is 17.4 Å². The highest BCUT2D eigenvalue weighted by molar-refractivity contribution is 7.96. The van der Waals surface area contributed by atoms with Crippen LogP contribution in [-0.4, -0.2) is 47.5 Å². The fraction of sp³-hybridized carbons (Fsp3) is 0.706. The van der Waals surface area contributed by atoms with E-state index in [1.807, 2.05) is 11.0 Å². The lowest BCUT2D eigenvalue weighted by Crippen LogP contribution is -2.37. The molecule has 7 heteroatoms. The zero-order chi connectivity index (χ0) is 18.4. The van der Waals surface area contributed by atoms with Crippen molar-refractivity contribution in [3.63, 3.8) is 0 Å². The van der Waals surface area contributed by atoms with E-state index >= 15 is 0 Å². The van der Waals surface area contributed by atoms with Gasteiger partial charge in [0.05, 0.1) is 6.54 Å². The van der Waals surface area contributed by atoms with Gasteiger partial charge in [0.1, 0.15) is 6.04 Å². The van der Waals surface area contributed by atoms with Gasteiger partial charge in [-0.2, -0.15) is 0 Å². The Morgan fingerprint density at radius 1 is 1.42 bits per heavy atom. The summed E-state index contributed by atoms with van der Waals surface area (Å²) in [4.78, 5) is 33.9. The molecule has 2 atom stereocenters. The molecule has 138 valence electrons. The largest absolute Gasteiger partial charge is 0.345 e. The van der Waals surface area contributed by atoms with Crippen LogP contribution in [-0.2, 0) is 14.4 Å². The Labute approximate surface area is 150 Å². The first-order valence-electron chi connectivity index (χ1n) is 8.56. The van der Waals surface area contributed by atoms with E-state index in [4.69, 9.17) is 5.73 Å². The Morgan fingerprint density at radius 3 is 2.58 bits per heavy atom. The minimum atomic E-state index is -0.586. The molecular formula is C17H31N3O3S. The molecule has 2 unspecified atom stereocenters. The number of hydrogen-bond acceptors (Lipinski definition) is 4. The molecule has 1 rings (SSSR count). The van der Waals surface area contributed by atoms with Crippen molar-refractivity contribution >= 4 is 30.1 Å². The summed E-state index contributed by atoms with van der Waals surface area (Å²) in [7, 11) is 0. The highest BCUT2D eigenvalue weighted by atomic mass is 32.1. The SMILES string of the molecule is CC1CCCN1C(=O)CN.CCCCC/C=C\C(NC=O)C(=O)S. The summed E-state index contributed by atoms with van der Waals surface area (Å²) in [6.45, 7) is 5.26. The average Bonchev–Trinajstić information content (AvgIpc) is 2.99. The molecule has 24 heavy (non-hydrogen) atoms. The van der Waals surface area contributed by atoms with Crippen molar-refractivity contribution in [2.45, 2.75) is 64.5 Å². The molecule has 1 saturated heterocycles. The number of carbonyl (C=O) groups excluding carboxylic acids is 3. The molecule has 0 spiro atoms. The molecule has 0 bridgehead atoms. The van der Waals surface area contributed by atoms with Gasteiger partial charge < -0.3 is 16.0 Å². The van der Waals surface area contributed by atoms with Gasteiger partial charge in [-0.1, -0.05) is 31.9 Å². The smallest absolute Gasteiger partial charge is 0.236 e. The lowest BCUT2D eigenvalue weighted by molar-refractivity contribution is -0.130. The number of nitrogens with one attached hydrogen (secondary N) is 1. The molecule has 0 aromatic heterocycles. The maximum absolute atomic E-state index is 11.0. The first-order chi connectivity index (χ1) is 11.5. The highest BCUT2D eigenvalue weighted by Gasteiger charge is 2.23. The molecular weight excluding hydrogens is 326 g/mol. The van der Waals surface area contributed by atoms with Crippen LogP contribution in [0, 0.1) is 0 Å². The molecule has 2 amide bonds. The maximum atomic E-state index is 11.0.